The monoisotopic (exact) mass is 293 g/mol. The highest BCUT2D eigenvalue weighted by Gasteiger charge is 2.38. The molecule has 2 saturated carbocycles. The minimum absolute atomic E-state index is 0.0647. The number of hydrogen-bond acceptors (Lipinski definition) is 3. The van der Waals surface area contributed by atoms with Gasteiger partial charge in [-0.15, -0.1) is 0 Å². The van der Waals surface area contributed by atoms with Gasteiger partial charge in [0.05, 0.1) is 6.04 Å². The van der Waals surface area contributed by atoms with Gasteiger partial charge in [-0.3, -0.25) is 4.79 Å². The summed E-state index contributed by atoms with van der Waals surface area (Å²) >= 11 is 0. The first-order valence-electron chi connectivity index (χ1n) is 8.98. The molecule has 0 spiro atoms. The van der Waals surface area contributed by atoms with Crippen LogP contribution in [0.5, 0.6) is 0 Å². The van der Waals surface area contributed by atoms with Gasteiger partial charge in [0.15, 0.2) is 0 Å². The first-order valence-corrected chi connectivity index (χ1v) is 8.98. The number of carbonyl (C=O) groups is 1. The van der Waals surface area contributed by atoms with Crippen LogP contribution in [0.4, 0.5) is 0 Å². The summed E-state index contributed by atoms with van der Waals surface area (Å²) in [6, 6.07) is 1.42. The summed E-state index contributed by atoms with van der Waals surface area (Å²) < 4.78 is 0. The zero-order valence-electron chi connectivity index (χ0n) is 13.4. The lowest BCUT2D eigenvalue weighted by atomic mass is 9.85. The predicted molar refractivity (Wildman–Crippen MR) is 85.2 cm³/mol. The van der Waals surface area contributed by atoms with Crippen molar-refractivity contribution in [3.05, 3.63) is 0 Å². The zero-order chi connectivity index (χ0) is 14.7. The Morgan fingerprint density at radius 1 is 1.14 bits per heavy atom. The number of hydrogen-bond donors (Lipinski definition) is 2. The third-order valence-corrected chi connectivity index (χ3v) is 5.89. The average molecular weight is 293 g/mol. The molecule has 1 aliphatic heterocycles. The number of amides is 1. The van der Waals surface area contributed by atoms with E-state index in [-0.39, 0.29) is 11.9 Å². The van der Waals surface area contributed by atoms with Crippen LogP contribution >= 0.6 is 0 Å². The fourth-order valence-corrected chi connectivity index (χ4v) is 4.53. The van der Waals surface area contributed by atoms with Gasteiger partial charge in [0.1, 0.15) is 0 Å². The molecule has 21 heavy (non-hydrogen) atoms. The molecule has 0 radical (unpaired) electrons. The maximum absolute atomic E-state index is 12.3. The Morgan fingerprint density at radius 3 is 2.62 bits per heavy atom. The van der Waals surface area contributed by atoms with Crippen molar-refractivity contribution in [2.24, 2.45) is 5.92 Å². The minimum Gasteiger partial charge on any atom is -0.353 e. The quantitative estimate of drug-likeness (QED) is 0.814. The van der Waals surface area contributed by atoms with E-state index in [2.05, 4.69) is 22.6 Å². The molecular formula is C17H31N3O. The van der Waals surface area contributed by atoms with Gasteiger partial charge >= 0.3 is 0 Å². The molecule has 2 N–H and O–H groups in total. The van der Waals surface area contributed by atoms with E-state index in [9.17, 15) is 4.79 Å². The minimum atomic E-state index is 0.0647. The van der Waals surface area contributed by atoms with E-state index in [0.717, 1.165) is 31.5 Å². The van der Waals surface area contributed by atoms with E-state index in [4.69, 9.17) is 0 Å². The van der Waals surface area contributed by atoms with Gasteiger partial charge in [-0.1, -0.05) is 25.7 Å². The fraction of sp³-hybridized carbons (Fsp3) is 0.941. The van der Waals surface area contributed by atoms with Crippen LogP contribution in [0.15, 0.2) is 0 Å². The SMILES string of the molecule is CN(CCNC(=O)C1CC2CCCCC2N1)C1CCCC1. The number of carbonyl (C=O) groups excluding carboxylic acids is 1. The maximum atomic E-state index is 12.3. The van der Waals surface area contributed by atoms with Crippen LogP contribution in [0.2, 0.25) is 0 Å². The molecule has 2 aliphatic carbocycles. The van der Waals surface area contributed by atoms with Crippen molar-refractivity contribution >= 4 is 5.91 Å². The van der Waals surface area contributed by atoms with Crippen LogP contribution < -0.4 is 10.6 Å². The molecule has 3 rings (SSSR count). The van der Waals surface area contributed by atoms with Crippen molar-refractivity contribution in [2.45, 2.75) is 75.9 Å². The second kappa shape index (κ2) is 7.10. The van der Waals surface area contributed by atoms with Crippen molar-refractivity contribution < 1.29 is 4.79 Å². The Labute approximate surface area is 129 Å². The van der Waals surface area contributed by atoms with E-state index in [0.29, 0.717) is 6.04 Å². The van der Waals surface area contributed by atoms with Crippen LogP contribution in [-0.4, -0.2) is 49.1 Å². The molecule has 120 valence electrons. The van der Waals surface area contributed by atoms with Crippen molar-refractivity contribution in [3.63, 3.8) is 0 Å². The third-order valence-electron chi connectivity index (χ3n) is 5.89. The van der Waals surface area contributed by atoms with Crippen LogP contribution in [-0.2, 0) is 4.79 Å². The Hall–Kier alpha value is -0.610. The fourth-order valence-electron chi connectivity index (χ4n) is 4.53. The molecule has 4 heteroatoms. The largest absolute Gasteiger partial charge is 0.353 e. The first kappa shape index (κ1) is 15.3. The Morgan fingerprint density at radius 2 is 1.86 bits per heavy atom. The molecule has 1 amide bonds. The van der Waals surface area contributed by atoms with E-state index in [1.165, 1.54) is 51.4 Å². The van der Waals surface area contributed by atoms with Gasteiger partial charge < -0.3 is 15.5 Å². The number of nitrogens with one attached hydrogen (secondary N) is 2. The second-order valence-corrected chi connectivity index (χ2v) is 7.32. The van der Waals surface area contributed by atoms with E-state index in [1.807, 2.05) is 0 Å². The number of rotatable bonds is 5. The summed E-state index contributed by atoms with van der Waals surface area (Å²) in [5.41, 5.74) is 0. The molecule has 0 bridgehead atoms. The number of nitrogens with zero attached hydrogens (tertiary/aromatic N) is 1. The van der Waals surface area contributed by atoms with Gasteiger partial charge in [0.2, 0.25) is 5.91 Å². The molecule has 3 fully saturated rings. The van der Waals surface area contributed by atoms with Crippen molar-refractivity contribution in [3.8, 4) is 0 Å². The second-order valence-electron chi connectivity index (χ2n) is 7.32. The average Bonchev–Trinajstić information content (AvgIpc) is 3.16. The summed E-state index contributed by atoms with van der Waals surface area (Å²) in [6.45, 7) is 1.77. The van der Waals surface area contributed by atoms with Crippen LogP contribution in [0.1, 0.15) is 57.8 Å². The lowest BCUT2D eigenvalue weighted by Crippen LogP contribution is -2.45. The molecule has 1 heterocycles. The van der Waals surface area contributed by atoms with Crippen molar-refractivity contribution in [2.75, 3.05) is 20.1 Å². The number of fused-ring (bicyclic) bond motifs is 1. The van der Waals surface area contributed by atoms with Gasteiger partial charge in [-0.2, -0.15) is 0 Å². The topological polar surface area (TPSA) is 44.4 Å². The zero-order valence-corrected chi connectivity index (χ0v) is 13.4. The summed E-state index contributed by atoms with van der Waals surface area (Å²) in [6.07, 6.45) is 11.7. The molecule has 3 unspecified atom stereocenters. The molecule has 0 aromatic rings. The smallest absolute Gasteiger partial charge is 0.237 e. The maximum Gasteiger partial charge on any atom is 0.237 e. The summed E-state index contributed by atoms with van der Waals surface area (Å²) in [4.78, 5) is 14.7. The van der Waals surface area contributed by atoms with E-state index < -0.39 is 0 Å². The lowest BCUT2D eigenvalue weighted by molar-refractivity contribution is -0.122. The van der Waals surface area contributed by atoms with Crippen LogP contribution in [0.3, 0.4) is 0 Å². The number of likely N-dealkylation sites (N-methyl/N-ethyl adjacent to an activating group) is 1. The summed E-state index contributed by atoms with van der Waals surface area (Å²) in [5.74, 6) is 0.972. The van der Waals surface area contributed by atoms with Crippen molar-refractivity contribution in [1.29, 1.82) is 0 Å². The standard InChI is InChI=1S/C17H31N3O/c1-20(14-7-3-4-8-14)11-10-18-17(21)16-12-13-6-2-5-9-15(13)19-16/h13-16,19H,2-12H2,1H3,(H,18,21). The Bertz CT molecular complexity index is 340. The Kier molecular flexibility index (Phi) is 5.17. The van der Waals surface area contributed by atoms with Gasteiger partial charge in [-0.25, -0.2) is 0 Å². The highest BCUT2D eigenvalue weighted by atomic mass is 16.2. The highest BCUT2D eigenvalue weighted by Crippen LogP contribution is 2.33. The van der Waals surface area contributed by atoms with E-state index in [1.54, 1.807) is 0 Å². The molecule has 3 atom stereocenters. The molecule has 3 aliphatic rings. The van der Waals surface area contributed by atoms with Gasteiger partial charge in [0, 0.05) is 25.2 Å². The molecule has 1 saturated heterocycles. The Balaban J connectivity index is 1.36. The summed E-state index contributed by atoms with van der Waals surface area (Å²) in [5, 5.41) is 6.71. The lowest BCUT2D eigenvalue weighted by Gasteiger charge is -2.24. The highest BCUT2D eigenvalue weighted by molar-refractivity contribution is 5.82. The predicted octanol–water partition coefficient (Wildman–Crippen LogP) is 1.90. The molecule has 4 nitrogen and oxygen atoms in total. The van der Waals surface area contributed by atoms with Gasteiger partial charge in [0.25, 0.3) is 0 Å². The van der Waals surface area contributed by atoms with Crippen molar-refractivity contribution in [1.82, 2.24) is 15.5 Å². The third kappa shape index (κ3) is 3.78. The molecule has 0 aromatic heterocycles. The normalized spacial score (nSPS) is 33.3. The molecular weight excluding hydrogens is 262 g/mol. The van der Waals surface area contributed by atoms with Crippen LogP contribution in [0, 0.1) is 5.92 Å². The molecule has 0 aromatic carbocycles. The van der Waals surface area contributed by atoms with E-state index >= 15 is 0 Å². The summed E-state index contributed by atoms with van der Waals surface area (Å²) in [7, 11) is 2.20. The first-order chi connectivity index (χ1) is 10.2. The van der Waals surface area contributed by atoms with Gasteiger partial charge in [-0.05, 0) is 45.1 Å². The van der Waals surface area contributed by atoms with Crippen LogP contribution in [0.25, 0.3) is 0 Å².